The number of ether oxygens (including phenoxy) is 2. The first kappa shape index (κ1) is 37.4. The van der Waals surface area contributed by atoms with Gasteiger partial charge in [-0.2, -0.15) is 0 Å². The highest BCUT2D eigenvalue weighted by atomic mass is 16.6. The zero-order valence-corrected chi connectivity index (χ0v) is 27.2. The van der Waals surface area contributed by atoms with Crippen molar-refractivity contribution in [3.63, 3.8) is 0 Å². The van der Waals surface area contributed by atoms with Crippen LogP contribution in [0.4, 0.5) is 11.5 Å². The van der Waals surface area contributed by atoms with Crippen molar-refractivity contribution in [3.8, 4) is 0 Å². The number of carbonyl (C=O) groups excluding carboxylic acids is 2. The molecule has 9 N–H and O–H groups in total. The van der Waals surface area contributed by atoms with Crippen molar-refractivity contribution < 1.29 is 49.4 Å². The number of aliphatic carboxylic acids is 1. The van der Waals surface area contributed by atoms with Gasteiger partial charge >= 0.3 is 11.9 Å². The van der Waals surface area contributed by atoms with Gasteiger partial charge < -0.3 is 50.6 Å². The van der Waals surface area contributed by atoms with E-state index in [-0.39, 0.29) is 37.3 Å². The number of rotatable bonds is 11. The van der Waals surface area contributed by atoms with Gasteiger partial charge in [0.15, 0.2) is 12.4 Å². The number of imidazole rings is 1. The second kappa shape index (κ2) is 16.8. The highest BCUT2D eigenvalue weighted by molar-refractivity contribution is 6.07. The molecule has 1 saturated heterocycles. The fourth-order valence-corrected chi connectivity index (χ4v) is 4.98. The number of carboxylic acids is 1. The van der Waals surface area contributed by atoms with E-state index in [1.165, 1.54) is 4.90 Å². The summed E-state index contributed by atoms with van der Waals surface area (Å²) in [6, 6.07) is 18.0. The molecule has 2 aromatic heterocycles. The second-order valence-electron chi connectivity index (χ2n) is 11.1. The number of nitrogens with one attached hydrogen (secondary N) is 2. The third-order valence-corrected chi connectivity index (χ3v) is 7.71. The number of esters is 1. The lowest BCUT2D eigenvalue weighted by Crippen LogP contribution is -2.59. The van der Waals surface area contributed by atoms with Gasteiger partial charge in [0.25, 0.3) is 5.91 Å². The molecule has 5 rings (SSSR count). The van der Waals surface area contributed by atoms with E-state index in [1.807, 2.05) is 29.8 Å². The highest BCUT2D eigenvalue weighted by Crippen LogP contribution is 2.22. The van der Waals surface area contributed by atoms with Crippen LogP contribution in [0.3, 0.4) is 0 Å². The maximum absolute atomic E-state index is 13.5. The number of amidine groups is 1. The SMILES string of the molecule is CCOC(=O)CCN(C(=O)c1ccc2c(c1)nc(CNc1ccc(C(=N)N)cc1)n2C)c1ccccn1.O=C(O)[C@H]1O[C@@H](O)[C@H](O)[C@@H](O)[C@@H]1O. The molecule has 266 valence electrons. The van der Waals surface area contributed by atoms with Crippen LogP contribution in [0.5, 0.6) is 0 Å². The van der Waals surface area contributed by atoms with Crippen molar-refractivity contribution in [1.82, 2.24) is 14.5 Å². The lowest BCUT2D eigenvalue weighted by molar-refractivity contribution is -0.279. The second-order valence-corrected chi connectivity index (χ2v) is 11.1. The van der Waals surface area contributed by atoms with Gasteiger partial charge in [-0.3, -0.25) is 19.9 Å². The normalized spacial score (nSPS) is 19.9. The Bertz CT molecular complexity index is 1800. The largest absolute Gasteiger partial charge is 0.479 e. The predicted molar refractivity (Wildman–Crippen MR) is 179 cm³/mol. The molecule has 17 heteroatoms. The Kier molecular flexibility index (Phi) is 12.5. The number of hydrogen-bond acceptors (Lipinski definition) is 13. The Labute approximate surface area is 286 Å². The van der Waals surface area contributed by atoms with Crippen molar-refractivity contribution in [1.29, 1.82) is 5.41 Å². The van der Waals surface area contributed by atoms with E-state index >= 15 is 0 Å². The van der Waals surface area contributed by atoms with Crippen LogP contribution in [0.1, 0.15) is 35.1 Å². The number of carbonyl (C=O) groups is 3. The summed E-state index contributed by atoms with van der Waals surface area (Å²) in [7, 11) is 1.92. The van der Waals surface area contributed by atoms with Crippen molar-refractivity contribution in [2.75, 3.05) is 23.4 Å². The quantitative estimate of drug-likeness (QED) is 0.0598. The minimum atomic E-state index is -1.81. The molecular formula is C33H39N7O10. The number of aryl methyl sites for hydroxylation is 1. The van der Waals surface area contributed by atoms with Crippen LogP contribution in [0.2, 0.25) is 0 Å². The third-order valence-electron chi connectivity index (χ3n) is 7.71. The number of nitrogen functional groups attached to an aromatic ring is 1. The van der Waals surface area contributed by atoms with Crippen LogP contribution in [-0.4, -0.2) is 108 Å². The van der Waals surface area contributed by atoms with E-state index in [9.17, 15) is 14.4 Å². The van der Waals surface area contributed by atoms with E-state index < -0.39 is 36.7 Å². The predicted octanol–water partition coefficient (Wildman–Crippen LogP) is 0.335. The number of amides is 1. The molecule has 1 amide bonds. The van der Waals surface area contributed by atoms with Crippen molar-refractivity contribution in [2.24, 2.45) is 12.8 Å². The Hall–Kier alpha value is -5.46. The van der Waals surface area contributed by atoms with Crippen molar-refractivity contribution in [2.45, 2.75) is 50.6 Å². The van der Waals surface area contributed by atoms with Crippen molar-refractivity contribution in [3.05, 3.63) is 83.8 Å². The molecule has 0 saturated carbocycles. The van der Waals surface area contributed by atoms with E-state index in [4.69, 9.17) is 46.4 Å². The lowest BCUT2D eigenvalue weighted by atomic mass is 9.99. The van der Waals surface area contributed by atoms with Crippen LogP contribution < -0.4 is 16.0 Å². The minimum absolute atomic E-state index is 0.0229. The molecule has 0 aliphatic carbocycles. The first-order valence-corrected chi connectivity index (χ1v) is 15.4. The number of benzene rings is 2. The summed E-state index contributed by atoms with van der Waals surface area (Å²) in [6.45, 7) is 2.64. The average molecular weight is 694 g/mol. The van der Waals surface area contributed by atoms with Gasteiger partial charge in [0, 0.05) is 36.6 Å². The molecule has 0 bridgehead atoms. The molecule has 0 unspecified atom stereocenters. The zero-order valence-electron chi connectivity index (χ0n) is 27.2. The fourth-order valence-electron chi connectivity index (χ4n) is 4.98. The summed E-state index contributed by atoms with van der Waals surface area (Å²) >= 11 is 0. The van der Waals surface area contributed by atoms with Crippen LogP contribution in [0.15, 0.2) is 66.9 Å². The molecule has 5 atom stereocenters. The van der Waals surface area contributed by atoms with Gasteiger partial charge in [-0.05, 0) is 61.5 Å². The number of anilines is 2. The Morgan fingerprint density at radius 1 is 1.02 bits per heavy atom. The number of fused-ring (bicyclic) bond motifs is 1. The number of aliphatic hydroxyl groups excluding tert-OH is 4. The summed E-state index contributed by atoms with van der Waals surface area (Å²) in [6.07, 6.45) is -7.06. The monoisotopic (exact) mass is 693 g/mol. The molecule has 1 aliphatic heterocycles. The zero-order chi connectivity index (χ0) is 36.5. The molecule has 0 spiro atoms. The number of carboxylic acid groups (broad SMARTS) is 1. The summed E-state index contributed by atoms with van der Waals surface area (Å²) in [5, 5.41) is 55.2. The molecule has 1 aliphatic rings. The van der Waals surface area contributed by atoms with Crippen LogP contribution in [-0.2, 0) is 32.7 Å². The first-order valence-electron chi connectivity index (χ1n) is 15.4. The van der Waals surface area contributed by atoms with E-state index in [2.05, 4.69) is 15.0 Å². The van der Waals surface area contributed by atoms with Gasteiger partial charge in [0.1, 0.15) is 35.8 Å². The molecule has 3 heterocycles. The van der Waals surface area contributed by atoms with Gasteiger partial charge in [-0.25, -0.2) is 14.8 Å². The number of nitrogens with two attached hydrogens (primary N) is 1. The Balaban J connectivity index is 0.000000363. The molecular weight excluding hydrogens is 654 g/mol. The summed E-state index contributed by atoms with van der Waals surface area (Å²) < 4.78 is 11.3. The molecule has 4 aromatic rings. The van der Waals surface area contributed by atoms with Crippen LogP contribution in [0.25, 0.3) is 11.0 Å². The topological polar surface area (TPSA) is 267 Å². The summed E-state index contributed by atoms with van der Waals surface area (Å²) in [5.74, 6) is -0.893. The first-order chi connectivity index (χ1) is 23.8. The van der Waals surface area contributed by atoms with E-state index in [1.54, 1.807) is 55.6 Å². The van der Waals surface area contributed by atoms with Gasteiger partial charge in [-0.15, -0.1) is 0 Å². The highest BCUT2D eigenvalue weighted by Gasteiger charge is 2.46. The smallest absolute Gasteiger partial charge is 0.335 e. The molecule has 50 heavy (non-hydrogen) atoms. The maximum Gasteiger partial charge on any atom is 0.335 e. The molecule has 2 aromatic carbocycles. The number of hydrogen-bond donors (Lipinski definition) is 8. The molecule has 0 radical (unpaired) electrons. The number of nitrogens with zero attached hydrogens (tertiary/aromatic N) is 4. The van der Waals surface area contributed by atoms with Crippen LogP contribution >= 0.6 is 0 Å². The fraction of sp³-hybridized carbons (Fsp3) is 0.333. The lowest BCUT2D eigenvalue weighted by Gasteiger charge is -2.36. The van der Waals surface area contributed by atoms with E-state index in [0.29, 0.717) is 29.0 Å². The van der Waals surface area contributed by atoms with Crippen LogP contribution in [0, 0.1) is 5.41 Å². The Morgan fingerprint density at radius 2 is 1.72 bits per heavy atom. The Morgan fingerprint density at radius 3 is 2.34 bits per heavy atom. The number of pyridine rings is 1. The average Bonchev–Trinajstić information content (AvgIpc) is 3.43. The standard InChI is InChI=1S/C27H29N7O3.C6H10O7/c1-3-37-25(35)13-15-34(23-6-4-5-14-30-23)27(36)19-9-12-22-21(16-19)32-24(33(22)2)17-31-20-10-7-18(8-11-20)26(28)29;7-1-2(8)4(5(10)11)13-6(12)3(1)9/h4-12,14,16,31H,3,13,15,17H2,1-2H3,(H3,28,29);1-4,6-9,12H,(H,10,11)/t;1-,2-,3+,4-,6+/m.0/s1. The van der Waals surface area contributed by atoms with Gasteiger partial charge in [0.05, 0.1) is 30.6 Å². The minimum Gasteiger partial charge on any atom is -0.479 e. The maximum atomic E-state index is 13.5. The summed E-state index contributed by atoms with van der Waals surface area (Å²) in [5.41, 5.74) is 9.07. The van der Waals surface area contributed by atoms with E-state index in [0.717, 1.165) is 17.0 Å². The number of aliphatic hydroxyl groups is 4. The third kappa shape index (κ3) is 8.95. The van der Waals surface area contributed by atoms with Gasteiger partial charge in [-0.1, -0.05) is 6.07 Å². The molecule has 17 nitrogen and oxygen atoms in total. The number of aromatic nitrogens is 3. The van der Waals surface area contributed by atoms with Gasteiger partial charge in [0.2, 0.25) is 0 Å². The summed E-state index contributed by atoms with van der Waals surface area (Å²) in [4.78, 5) is 46.3. The van der Waals surface area contributed by atoms with Crippen molar-refractivity contribution >= 4 is 46.2 Å². The molecule has 1 fully saturated rings.